The fraction of sp³-hybridized carbons (Fsp3) is 0.615. The molecule has 1 saturated carbocycles. The number of hydrogen-bond acceptors (Lipinski definition) is 2. The summed E-state index contributed by atoms with van der Waals surface area (Å²) in [5.41, 5.74) is 0. The van der Waals surface area contributed by atoms with Gasteiger partial charge in [0.2, 0.25) is 0 Å². The van der Waals surface area contributed by atoms with Gasteiger partial charge >= 0.3 is 0 Å². The van der Waals surface area contributed by atoms with Crippen molar-refractivity contribution in [2.45, 2.75) is 38.0 Å². The van der Waals surface area contributed by atoms with E-state index in [0.717, 1.165) is 37.1 Å². The lowest BCUT2D eigenvalue weighted by Gasteiger charge is -2.09. The molecule has 0 aromatic carbocycles. The van der Waals surface area contributed by atoms with Crippen molar-refractivity contribution in [3.8, 4) is 0 Å². The number of carbonyl (C=O) groups is 1. The maximum atomic E-state index is 11.9. The fourth-order valence-corrected chi connectivity index (χ4v) is 3.46. The van der Waals surface area contributed by atoms with E-state index in [0.29, 0.717) is 11.3 Å². The summed E-state index contributed by atoms with van der Waals surface area (Å²) < 4.78 is 0. The molecule has 0 aliphatic heterocycles. The maximum Gasteiger partial charge on any atom is 0.261 e. The molecule has 2 nitrogen and oxygen atoms in total. The molecule has 1 heterocycles. The van der Waals surface area contributed by atoms with E-state index in [-0.39, 0.29) is 5.91 Å². The first kappa shape index (κ1) is 12.9. The Bertz CT molecular complexity index is 391. The Balaban J connectivity index is 1.81. The molecule has 1 aromatic heterocycles. The third-order valence-corrected chi connectivity index (χ3v) is 4.89. The second-order valence-electron chi connectivity index (χ2n) is 4.61. The number of carbonyl (C=O) groups excluding carboxylic acids is 1. The Morgan fingerprint density at radius 1 is 1.53 bits per heavy atom. The predicted octanol–water partition coefficient (Wildman–Crippen LogP) is 3.45. The zero-order valence-electron chi connectivity index (χ0n) is 10.0. The van der Waals surface area contributed by atoms with Gasteiger partial charge in [-0.2, -0.15) is 0 Å². The first-order chi connectivity index (χ1) is 8.19. The monoisotopic (exact) mass is 271 g/mol. The predicted molar refractivity (Wildman–Crippen MR) is 73.0 cm³/mol. The Hall–Kier alpha value is -0.540. The first-order valence-corrected chi connectivity index (χ1v) is 7.45. The molecule has 94 valence electrons. The van der Waals surface area contributed by atoms with Crippen LogP contribution in [-0.2, 0) is 6.42 Å². The van der Waals surface area contributed by atoms with Gasteiger partial charge in [0, 0.05) is 16.8 Å². The molecule has 1 fully saturated rings. The number of thiophene rings is 1. The molecule has 1 aromatic rings. The normalized spacial score (nSPS) is 23.9. The minimum atomic E-state index is 0.0627. The second-order valence-corrected chi connectivity index (χ2v) is 6.39. The molecule has 2 unspecified atom stereocenters. The summed E-state index contributed by atoms with van der Waals surface area (Å²) in [7, 11) is 0. The topological polar surface area (TPSA) is 29.1 Å². The third kappa shape index (κ3) is 3.46. The highest BCUT2D eigenvalue weighted by Crippen LogP contribution is 2.28. The van der Waals surface area contributed by atoms with E-state index >= 15 is 0 Å². The number of rotatable bonds is 4. The van der Waals surface area contributed by atoms with E-state index in [1.165, 1.54) is 4.88 Å². The molecule has 1 aliphatic rings. The summed E-state index contributed by atoms with van der Waals surface area (Å²) in [6.45, 7) is 2.87. The van der Waals surface area contributed by atoms with Gasteiger partial charge < -0.3 is 5.32 Å². The molecule has 0 saturated heterocycles. The lowest BCUT2D eigenvalue weighted by atomic mass is 10.1. The summed E-state index contributed by atoms with van der Waals surface area (Å²) in [4.78, 5) is 14.0. The smallest absolute Gasteiger partial charge is 0.261 e. The molecule has 0 radical (unpaired) electrons. The summed E-state index contributed by atoms with van der Waals surface area (Å²) in [6, 6.07) is 3.95. The maximum absolute atomic E-state index is 11.9. The summed E-state index contributed by atoms with van der Waals surface area (Å²) in [5, 5.41) is 3.32. The van der Waals surface area contributed by atoms with Crippen molar-refractivity contribution in [2.24, 2.45) is 5.92 Å². The number of hydrogen-bond donors (Lipinski definition) is 1. The van der Waals surface area contributed by atoms with Crippen LogP contribution in [0.4, 0.5) is 0 Å². The molecule has 0 spiro atoms. The summed E-state index contributed by atoms with van der Waals surface area (Å²) in [5.74, 6) is 0.625. The molecular weight excluding hydrogens is 254 g/mol. The van der Waals surface area contributed by atoms with Gasteiger partial charge in [0.1, 0.15) is 0 Å². The van der Waals surface area contributed by atoms with Crippen molar-refractivity contribution in [3.63, 3.8) is 0 Å². The van der Waals surface area contributed by atoms with Crippen molar-refractivity contribution in [2.75, 3.05) is 6.54 Å². The van der Waals surface area contributed by atoms with Crippen molar-refractivity contribution in [1.82, 2.24) is 5.32 Å². The van der Waals surface area contributed by atoms with Crippen LogP contribution in [0.5, 0.6) is 0 Å². The Kier molecular flexibility index (Phi) is 4.46. The van der Waals surface area contributed by atoms with Crippen LogP contribution in [0, 0.1) is 5.92 Å². The van der Waals surface area contributed by atoms with Gasteiger partial charge in [0.15, 0.2) is 0 Å². The quantitative estimate of drug-likeness (QED) is 0.835. The number of alkyl halides is 1. The van der Waals surface area contributed by atoms with E-state index in [1.807, 2.05) is 12.1 Å². The second kappa shape index (κ2) is 5.87. The van der Waals surface area contributed by atoms with Gasteiger partial charge in [-0.1, -0.05) is 6.92 Å². The first-order valence-electron chi connectivity index (χ1n) is 6.20. The number of amides is 1. The molecule has 2 rings (SSSR count). The molecule has 17 heavy (non-hydrogen) atoms. The van der Waals surface area contributed by atoms with Gasteiger partial charge in [-0.05, 0) is 43.7 Å². The largest absolute Gasteiger partial charge is 0.351 e. The van der Waals surface area contributed by atoms with Crippen molar-refractivity contribution in [1.29, 1.82) is 0 Å². The average molecular weight is 272 g/mol. The Labute approximate surface area is 111 Å². The minimum absolute atomic E-state index is 0.0627. The molecule has 1 aliphatic carbocycles. The van der Waals surface area contributed by atoms with Crippen LogP contribution >= 0.6 is 22.9 Å². The molecule has 2 atom stereocenters. The Morgan fingerprint density at radius 3 is 2.94 bits per heavy atom. The SMILES string of the molecule is CCc1ccc(C(=O)NCC2CCC(Cl)C2)s1. The van der Waals surface area contributed by atoms with E-state index < -0.39 is 0 Å². The van der Waals surface area contributed by atoms with E-state index in [1.54, 1.807) is 11.3 Å². The van der Waals surface area contributed by atoms with Crippen LogP contribution in [0.15, 0.2) is 12.1 Å². The van der Waals surface area contributed by atoms with Crippen LogP contribution in [-0.4, -0.2) is 17.8 Å². The lowest BCUT2D eigenvalue weighted by molar-refractivity contribution is 0.0951. The summed E-state index contributed by atoms with van der Waals surface area (Å²) in [6.07, 6.45) is 4.25. The van der Waals surface area contributed by atoms with Crippen LogP contribution in [0.3, 0.4) is 0 Å². The minimum Gasteiger partial charge on any atom is -0.351 e. The third-order valence-electron chi connectivity index (χ3n) is 3.26. The number of nitrogens with one attached hydrogen (secondary N) is 1. The average Bonchev–Trinajstić information content (AvgIpc) is 2.94. The van der Waals surface area contributed by atoms with Gasteiger partial charge in [0.25, 0.3) is 5.91 Å². The molecule has 1 amide bonds. The molecule has 1 N–H and O–H groups in total. The zero-order valence-corrected chi connectivity index (χ0v) is 11.6. The number of aryl methyl sites for hydroxylation is 1. The highest BCUT2D eigenvalue weighted by molar-refractivity contribution is 7.14. The van der Waals surface area contributed by atoms with E-state index in [2.05, 4.69) is 12.2 Å². The molecule has 4 heteroatoms. The summed E-state index contributed by atoms with van der Waals surface area (Å²) >= 11 is 7.64. The number of halogens is 1. The van der Waals surface area contributed by atoms with Gasteiger partial charge in [-0.15, -0.1) is 22.9 Å². The van der Waals surface area contributed by atoms with Crippen LogP contribution in [0.2, 0.25) is 0 Å². The van der Waals surface area contributed by atoms with Gasteiger partial charge in [0.05, 0.1) is 4.88 Å². The lowest BCUT2D eigenvalue weighted by Crippen LogP contribution is -2.27. The fourth-order valence-electron chi connectivity index (χ4n) is 2.21. The molecular formula is C13H18ClNOS. The highest BCUT2D eigenvalue weighted by atomic mass is 35.5. The molecule has 0 bridgehead atoms. The van der Waals surface area contributed by atoms with Crippen molar-refractivity contribution >= 4 is 28.8 Å². The highest BCUT2D eigenvalue weighted by Gasteiger charge is 2.23. The Morgan fingerprint density at radius 2 is 2.35 bits per heavy atom. The van der Waals surface area contributed by atoms with E-state index in [4.69, 9.17) is 11.6 Å². The van der Waals surface area contributed by atoms with Crippen LogP contribution in [0.1, 0.15) is 40.7 Å². The van der Waals surface area contributed by atoms with Crippen LogP contribution in [0.25, 0.3) is 0 Å². The zero-order chi connectivity index (χ0) is 12.3. The van der Waals surface area contributed by atoms with Gasteiger partial charge in [-0.3, -0.25) is 4.79 Å². The van der Waals surface area contributed by atoms with E-state index in [9.17, 15) is 4.79 Å². The van der Waals surface area contributed by atoms with Crippen LogP contribution < -0.4 is 5.32 Å². The van der Waals surface area contributed by atoms with Crippen molar-refractivity contribution < 1.29 is 4.79 Å². The van der Waals surface area contributed by atoms with Crippen molar-refractivity contribution in [3.05, 3.63) is 21.9 Å². The standard InChI is InChI=1S/C13H18ClNOS/c1-2-11-5-6-12(17-11)13(16)15-8-9-3-4-10(14)7-9/h5-6,9-10H,2-4,7-8H2,1H3,(H,15,16). The van der Waals surface area contributed by atoms with Gasteiger partial charge in [-0.25, -0.2) is 0 Å².